The van der Waals surface area contributed by atoms with Crippen LogP contribution < -0.4 is 58.3 Å². The van der Waals surface area contributed by atoms with Gasteiger partial charge in [-0.3, -0.25) is 76.1 Å². The zero-order chi connectivity index (χ0) is 94.7. The number of H-pyrrole nitrogens is 1. The summed E-state index contributed by atoms with van der Waals surface area (Å²) in [6, 6.07) is 10.5. The molecule has 706 valence electrons. The fourth-order valence-electron chi connectivity index (χ4n) is 15.2. The quantitative estimate of drug-likeness (QED) is 0.0221. The number of amides is 11. The van der Waals surface area contributed by atoms with E-state index in [1.807, 2.05) is 24.4 Å². The number of aliphatic carboxylic acids is 4. The Labute approximate surface area is 755 Å². The van der Waals surface area contributed by atoms with E-state index in [1.54, 1.807) is 74.5 Å². The number of aromatic amines is 1. The van der Waals surface area contributed by atoms with E-state index in [0.29, 0.717) is 50.5 Å². The highest BCUT2D eigenvalue weighted by Gasteiger charge is 2.46. The predicted molar refractivity (Wildman–Crippen MR) is 470 cm³/mol. The molecule has 0 radical (unpaired) electrons. The van der Waals surface area contributed by atoms with E-state index in [-0.39, 0.29) is 95.7 Å². The van der Waals surface area contributed by atoms with Gasteiger partial charge in [-0.1, -0.05) is 136 Å². The number of urea groups is 1. The number of hydrogen-bond acceptors (Lipinski definition) is 25. The molecule has 3 aliphatic rings. The molecule has 129 heavy (non-hydrogen) atoms. The maximum atomic E-state index is 15.4. The predicted octanol–water partition coefficient (Wildman–Crippen LogP) is 1.61. The van der Waals surface area contributed by atoms with Crippen LogP contribution in [0.5, 0.6) is 5.75 Å². The minimum absolute atomic E-state index is 0.00552. The molecule has 0 spiro atoms. The van der Waals surface area contributed by atoms with E-state index in [2.05, 4.69) is 47.5 Å². The van der Waals surface area contributed by atoms with Crippen molar-refractivity contribution < 1.29 is 131 Å². The van der Waals surface area contributed by atoms with Gasteiger partial charge in [-0.05, 0) is 86.1 Å². The number of fused-ring (bicyclic) bond motifs is 5. The number of hydrogen-bond donors (Lipinski definition) is 18. The Morgan fingerprint density at radius 3 is 1.92 bits per heavy atom. The monoisotopic (exact) mass is 1860 g/mol. The molecule has 1 aromatic heterocycles. The molecule has 7 rings (SSSR count). The van der Waals surface area contributed by atoms with Crippen molar-refractivity contribution in [2.24, 2.45) is 41.2 Å². The van der Waals surface area contributed by atoms with E-state index in [1.165, 1.54) is 34.6 Å². The first-order valence-corrected chi connectivity index (χ1v) is 46.7. The van der Waals surface area contributed by atoms with Crippen molar-refractivity contribution in [2.45, 2.75) is 227 Å². The van der Waals surface area contributed by atoms with Crippen molar-refractivity contribution in [3.8, 4) is 5.75 Å². The molecule has 19 N–H and O–H groups in total. The van der Waals surface area contributed by atoms with Crippen molar-refractivity contribution in [3.63, 3.8) is 0 Å². The SMILES string of the molecule is CC[C@H](C)[C@@H]1NC(=O)CNC(=O)C2CC(=O)[C@H]([C@@H](C)[C@@H](O)CO)NC(=O)[C@@H]3CC(O)CN3C(=O)[C@H](CC(N)=O)CC(=O)C(CS(=O)c3[nH]c4cc(OCCC(C)SSCC(CC(=O)[C@H](Cc5ccccc5)NC(=O)[C@@H](CC(=O)CCCCCCCNC(=O)CCC(NC(=O)NC(CCC(=O)O)C(=O)O)C(=O)O)Cc5ccccc5)C(=O)O)ccc4c3C2)NC(=O)CNC1=O. The van der Waals surface area contributed by atoms with Crippen LogP contribution in [0.1, 0.15) is 160 Å². The maximum absolute atomic E-state index is 15.4. The Bertz CT molecular complexity index is 4660. The van der Waals surface area contributed by atoms with Gasteiger partial charge in [0.15, 0.2) is 17.3 Å². The number of carboxylic acids is 4. The lowest BCUT2D eigenvalue weighted by atomic mass is 9.85. The van der Waals surface area contributed by atoms with Crippen LogP contribution in [0, 0.1) is 35.5 Å². The molecule has 3 aliphatic heterocycles. The highest BCUT2D eigenvalue weighted by molar-refractivity contribution is 8.76. The number of ether oxygens (including phenoxy) is 1. The third-order valence-electron chi connectivity index (χ3n) is 22.8. The molecule has 0 aliphatic carbocycles. The van der Waals surface area contributed by atoms with E-state index in [0.717, 1.165) is 10.5 Å². The molecular formula is C87H118N12O27S3. The zero-order valence-corrected chi connectivity index (χ0v) is 74.7. The summed E-state index contributed by atoms with van der Waals surface area (Å²) >= 11 is 0. The number of primary amides is 1. The molecule has 39 nitrogen and oxygen atoms in total. The molecule has 17 atom stereocenters. The summed E-state index contributed by atoms with van der Waals surface area (Å²) in [6.07, 6.45) is -4.82. The van der Waals surface area contributed by atoms with Gasteiger partial charge in [-0.2, -0.15) is 0 Å². The van der Waals surface area contributed by atoms with Crippen molar-refractivity contribution in [3.05, 3.63) is 95.6 Å². The first-order chi connectivity index (χ1) is 61.3. The largest absolute Gasteiger partial charge is 0.493 e. The summed E-state index contributed by atoms with van der Waals surface area (Å²) in [4.78, 5) is 247. The van der Waals surface area contributed by atoms with Crippen molar-refractivity contribution in [1.82, 2.24) is 57.7 Å². The molecule has 1 fully saturated rings. The molecule has 1 saturated heterocycles. The van der Waals surface area contributed by atoms with Crippen LogP contribution in [0.25, 0.3) is 10.9 Å². The third kappa shape index (κ3) is 34.0. The van der Waals surface area contributed by atoms with E-state index in [9.17, 15) is 112 Å². The number of nitrogens with one attached hydrogen (secondary N) is 10. The number of carbonyl (C=O) groups excluding carboxylic acids is 14. The Balaban J connectivity index is 1.02. The summed E-state index contributed by atoms with van der Waals surface area (Å²) in [5.41, 5.74) is 7.42. The zero-order valence-electron chi connectivity index (χ0n) is 72.3. The van der Waals surface area contributed by atoms with Gasteiger partial charge in [-0.25, -0.2) is 14.4 Å². The van der Waals surface area contributed by atoms with Gasteiger partial charge in [0.2, 0.25) is 53.2 Å². The van der Waals surface area contributed by atoms with Crippen LogP contribution >= 0.6 is 21.6 Å². The molecule has 11 amide bonds. The number of benzene rings is 3. The number of carboxylic acid groups (broad SMARTS) is 4. The number of carbonyl (C=O) groups is 18. The van der Waals surface area contributed by atoms with Crippen LogP contribution in [0.15, 0.2) is 83.9 Å². The van der Waals surface area contributed by atoms with Crippen molar-refractivity contribution in [1.29, 1.82) is 0 Å². The number of ketones is 4. The van der Waals surface area contributed by atoms with E-state index >= 15 is 9.00 Å². The average Bonchev–Trinajstić information content (AvgIpc) is 1.63. The minimum Gasteiger partial charge on any atom is -0.493 e. The lowest BCUT2D eigenvalue weighted by Crippen LogP contribution is -2.56. The first kappa shape index (κ1) is 105. The third-order valence-corrected chi connectivity index (χ3v) is 27.3. The van der Waals surface area contributed by atoms with Crippen LogP contribution in [0.3, 0.4) is 0 Å². The Morgan fingerprint density at radius 1 is 0.667 bits per heavy atom. The highest BCUT2D eigenvalue weighted by Crippen LogP contribution is 2.36. The van der Waals surface area contributed by atoms with Crippen LogP contribution in [-0.2, 0) is 112 Å². The molecular weight excluding hydrogens is 1740 g/mol. The molecule has 4 heterocycles. The van der Waals surface area contributed by atoms with Gasteiger partial charge in [-0.15, -0.1) is 0 Å². The fourth-order valence-corrected chi connectivity index (χ4v) is 19.3. The van der Waals surface area contributed by atoms with E-state index in [4.69, 9.17) is 15.6 Å². The Morgan fingerprint density at radius 2 is 1.29 bits per heavy atom. The minimum atomic E-state index is -2.45. The molecule has 42 heteroatoms. The molecule has 8 unspecified atom stereocenters. The molecule has 2 bridgehead atoms. The number of rotatable bonds is 45. The fraction of sp³-hybridized carbons (Fsp3) is 0.563. The topological polar surface area (TPSA) is 628 Å². The van der Waals surface area contributed by atoms with Gasteiger partial charge in [0.1, 0.15) is 40.7 Å². The second-order valence-electron chi connectivity index (χ2n) is 32.9. The summed E-state index contributed by atoms with van der Waals surface area (Å²) in [7, 11) is 0.0819. The summed E-state index contributed by atoms with van der Waals surface area (Å²) < 4.78 is 21.6. The number of nitrogens with zero attached hydrogens (tertiary/aromatic N) is 1. The smallest absolute Gasteiger partial charge is 0.326 e. The van der Waals surface area contributed by atoms with Crippen molar-refractivity contribution in [2.75, 3.05) is 50.9 Å². The second-order valence-corrected chi connectivity index (χ2v) is 37.2. The Kier molecular flexibility index (Phi) is 42.6. The maximum Gasteiger partial charge on any atom is 0.326 e. The van der Waals surface area contributed by atoms with Gasteiger partial charge in [0.05, 0.1) is 90.5 Å². The van der Waals surface area contributed by atoms with Crippen LogP contribution in [-0.4, -0.2) is 267 Å². The normalized spacial score (nSPS) is 21.3. The van der Waals surface area contributed by atoms with Crippen LogP contribution in [0.2, 0.25) is 0 Å². The lowest BCUT2D eigenvalue weighted by Gasteiger charge is -2.32. The highest BCUT2D eigenvalue weighted by atomic mass is 33.1. The van der Waals surface area contributed by atoms with Gasteiger partial charge < -0.3 is 104 Å². The standard InChI is InChI=1S/C87H118N12O27S3/c1-5-47(2)76-81(116)91-41-73(109)92-65-46-129(125)82-60(34-53(78(113)90-42-74(110)97-76)35-69(105)77(49(4)70(106)44-100)98-80(115)66-39-57(102)43-99(66)83(117)54(36-68(65)104)38-71(88)107)59-23-22-58(40-63(59)94-82)126-30-28-48(3)128-127-45-55(84(118)119)37-67(103)64(32-51-19-13-10-14-20-51)93-79(114)52(31-50-17-11-9-12-18-50)33-56(101)21-15-7-6-8-16-29-89-72(108)26-24-61(85(120)121)95-87(124)96-62(86(122)123)25-27-75(111)112/h9-14,17-20,22-23,40,47-49,52-55,57,61-62,64-66,70,76-77,94,100,102,106H,5-8,15-16,21,24-39,41-46H2,1-4H3,(H2,88,107)(H,89,108)(H,90,113)(H,91,116)(H,92,109)(H,93,114)(H,97,110)(H,98,115)(H,111,112)(H,118,119)(H,120,121)(H,122,123)(H2,95,96,124)/t47-,48?,49-,52+,53?,54-,55?,57?,61?,62?,64-,65?,66-,70-,76-,77-,129?/m0/s1. The lowest BCUT2D eigenvalue weighted by molar-refractivity contribution is -0.145. The van der Waals surface area contributed by atoms with E-state index < -0.39 is 285 Å². The number of aromatic nitrogens is 1. The molecule has 3 aromatic carbocycles. The summed E-state index contributed by atoms with van der Waals surface area (Å²) in [5.74, 6) is -23.9. The molecule has 0 saturated carbocycles. The number of nitrogens with two attached hydrogens (primary N) is 1. The van der Waals surface area contributed by atoms with Gasteiger partial charge >= 0.3 is 29.9 Å². The average molecular weight is 1860 g/mol. The van der Waals surface area contributed by atoms with Gasteiger partial charge in [0, 0.05) is 111 Å². The number of Topliss-reactive ketones (excluding diaryl/α,β-unsaturated/α-hetero) is 4. The van der Waals surface area contributed by atoms with Crippen LogP contribution in [0.4, 0.5) is 4.79 Å². The molecule has 4 aromatic rings. The Hall–Kier alpha value is -11.2. The summed E-state index contributed by atoms with van der Waals surface area (Å²) in [6.45, 7) is 3.84. The van der Waals surface area contributed by atoms with Gasteiger partial charge in [0.25, 0.3) is 0 Å². The number of aliphatic hydroxyl groups excluding tert-OH is 3. The number of unbranched alkanes of at least 4 members (excludes halogenated alkanes) is 4. The first-order valence-electron chi connectivity index (χ1n) is 43.0. The van der Waals surface area contributed by atoms with Crippen molar-refractivity contribution >= 4 is 149 Å². The second kappa shape index (κ2) is 52.4. The number of aliphatic hydroxyl groups is 3. The summed E-state index contributed by atoms with van der Waals surface area (Å²) in [5, 5.41) is 92.9.